The number of carbonyl (C=O) groups is 1. The molecule has 3 rings (SSSR count). The molecule has 3 nitrogen and oxygen atoms in total. The molecule has 0 aliphatic carbocycles. The predicted octanol–water partition coefficient (Wildman–Crippen LogP) is 4.35. The number of fused-ring (bicyclic) bond motifs is 1. The van der Waals surface area contributed by atoms with E-state index in [-0.39, 0.29) is 18.4 Å². The first-order valence-electron chi connectivity index (χ1n) is 7.05. The topological polar surface area (TPSA) is 29.5 Å². The van der Waals surface area contributed by atoms with Gasteiger partial charge in [-0.05, 0) is 36.8 Å². The molecule has 0 fully saturated rings. The van der Waals surface area contributed by atoms with Gasteiger partial charge in [0.25, 0.3) is 0 Å². The highest BCUT2D eigenvalue weighted by molar-refractivity contribution is 6.36. The van der Waals surface area contributed by atoms with E-state index < -0.39 is 0 Å². The minimum Gasteiger partial charge on any atom is -0.487 e. The predicted molar refractivity (Wildman–Crippen MR) is 89.1 cm³/mol. The van der Waals surface area contributed by atoms with Crippen LogP contribution in [-0.2, 0) is 11.2 Å². The quantitative estimate of drug-likeness (QED) is 0.816. The molecule has 0 N–H and O–H groups in total. The molecule has 1 unspecified atom stereocenters. The summed E-state index contributed by atoms with van der Waals surface area (Å²) in [6, 6.07) is 12.8. The molecular weight excluding hydrogens is 321 g/mol. The summed E-state index contributed by atoms with van der Waals surface area (Å²) in [6.45, 7) is 2.45. The lowest BCUT2D eigenvalue weighted by Gasteiger charge is -2.33. The molecule has 1 amide bonds. The lowest BCUT2D eigenvalue weighted by Crippen LogP contribution is -2.43. The maximum Gasteiger partial charge on any atom is 0.231 e. The Hall–Kier alpha value is -1.71. The smallest absolute Gasteiger partial charge is 0.231 e. The van der Waals surface area contributed by atoms with Crippen LogP contribution < -0.4 is 9.64 Å². The van der Waals surface area contributed by atoms with Crippen molar-refractivity contribution in [3.8, 4) is 5.75 Å². The van der Waals surface area contributed by atoms with Crippen LogP contribution in [0.15, 0.2) is 42.5 Å². The van der Waals surface area contributed by atoms with E-state index >= 15 is 0 Å². The Kier molecular flexibility index (Phi) is 4.27. The molecule has 0 spiro atoms. The second kappa shape index (κ2) is 6.19. The molecule has 0 aromatic heterocycles. The van der Waals surface area contributed by atoms with Crippen LogP contribution in [0.4, 0.5) is 5.69 Å². The molecule has 5 heteroatoms. The molecule has 114 valence electrons. The van der Waals surface area contributed by atoms with E-state index in [1.165, 1.54) is 0 Å². The Bertz CT molecular complexity index is 697. The second-order valence-electron chi connectivity index (χ2n) is 5.28. The highest BCUT2D eigenvalue weighted by Gasteiger charge is 2.27. The number of para-hydroxylation sites is 2. The number of benzene rings is 2. The Morgan fingerprint density at radius 1 is 1.18 bits per heavy atom. The van der Waals surface area contributed by atoms with Crippen molar-refractivity contribution in [1.29, 1.82) is 0 Å². The summed E-state index contributed by atoms with van der Waals surface area (Å²) in [4.78, 5) is 14.5. The van der Waals surface area contributed by atoms with Gasteiger partial charge < -0.3 is 9.64 Å². The van der Waals surface area contributed by atoms with Crippen LogP contribution in [0.1, 0.15) is 12.5 Å². The van der Waals surface area contributed by atoms with E-state index in [0.717, 1.165) is 11.4 Å². The first-order chi connectivity index (χ1) is 10.6. The first-order valence-corrected chi connectivity index (χ1v) is 7.81. The van der Waals surface area contributed by atoms with Crippen LogP contribution in [0.5, 0.6) is 5.75 Å². The number of nitrogens with zero attached hydrogens (tertiary/aromatic N) is 1. The van der Waals surface area contributed by atoms with Gasteiger partial charge in [0.05, 0.1) is 18.7 Å². The fraction of sp³-hybridized carbons (Fsp3) is 0.235. The summed E-state index contributed by atoms with van der Waals surface area (Å²) in [7, 11) is 0. The summed E-state index contributed by atoms with van der Waals surface area (Å²) in [5, 5.41) is 1.02. The number of hydrogen-bond acceptors (Lipinski definition) is 2. The van der Waals surface area contributed by atoms with Crippen molar-refractivity contribution >= 4 is 34.8 Å². The summed E-state index contributed by atoms with van der Waals surface area (Å²) in [5.74, 6) is 0.678. The molecule has 2 aromatic rings. The van der Waals surface area contributed by atoms with Gasteiger partial charge in [-0.25, -0.2) is 0 Å². The van der Waals surface area contributed by atoms with Crippen molar-refractivity contribution in [2.24, 2.45) is 0 Å². The fourth-order valence-electron chi connectivity index (χ4n) is 2.57. The van der Waals surface area contributed by atoms with E-state index in [4.69, 9.17) is 27.9 Å². The zero-order valence-electron chi connectivity index (χ0n) is 12.1. The van der Waals surface area contributed by atoms with E-state index in [2.05, 4.69) is 0 Å². The van der Waals surface area contributed by atoms with Crippen LogP contribution in [0, 0.1) is 0 Å². The Labute approximate surface area is 139 Å². The number of hydrogen-bond donors (Lipinski definition) is 0. The molecule has 22 heavy (non-hydrogen) atoms. The van der Waals surface area contributed by atoms with Crippen molar-refractivity contribution in [2.45, 2.75) is 19.4 Å². The largest absolute Gasteiger partial charge is 0.487 e. The average Bonchev–Trinajstić information content (AvgIpc) is 2.50. The molecule has 0 saturated heterocycles. The van der Waals surface area contributed by atoms with Crippen LogP contribution >= 0.6 is 23.2 Å². The summed E-state index contributed by atoms with van der Waals surface area (Å²) < 4.78 is 5.76. The molecule has 0 bridgehead atoms. The van der Waals surface area contributed by atoms with Crippen molar-refractivity contribution in [3.63, 3.8) is 0 Å². The number of anilines is 1. The van der Waals surface area contributed by atoms with Gasteiger partial charge in [-0.2, -0.15) is 0 Å². The summed E-state index contributed by atoms with van der Waals surface area (Å²) in [6.07, 6.45) is 0.111. The van der Waals surface area contributed by atoms with Crippen molar-refractivity contribution in [2.75, 3.05) is 11.4 Å². The monoisotopic (exact) mass is 335 g/mol. The molecule has 1 atom stereocenters. The molecule has 1 aliphatic heterocycles. The minimum atomic E-state index is -0.0550. The summed E-state index contributed by atoms with van der Waals surface area (Å²) >= 11 is 12.3. The average molecular weight is 336 g/mol. The Morgan fingerprint density at radius 2 is 1.86 bits per heavy atom. The highest BCUT2D eigenvalue weighted by Crippen LogP contribution is 2.34. The lowest BCUT2D eigenvalue weighted by molar-refractivity contribution is -0.118. The van der Waals surface area contributed by atoms with Crippen LogP contribution in [0.3, 0.4) is 0 Å². The number of amides is 1. The molecule has 1 heterocycles. The van der Waals surface area contributed by atoms with Gasteiger partial charge in [-0.1, -0.05) is 41.4 Å². The van der Waals surface area contributed by atoms with E-state index in [1.807, 2.05) is 31.2 Å². The lowest BCUT2D eigenvalue weighted by atomic mass is 10.1. The third-order valence-electron chi connectivity index (χ3n) is 3.61. The maximum absolute atomic E-state index is 12.7. The number of halogens is 2. The zero-order chi connectivity index (χ0) is 15.7. The van der Waals surface area contributed by atoms with E-state index in [0.29, 0.717) is 22.2 Å². The van der Waals surface area contributed by atoms with Crippen molar-refractivity contribution < 1.29 is 9.53 Å². The maximum atomic E-state index is 12.7. The Morgan fingerprint density at radius 3 is 2.59 bits per heavy atom. The molecule has 2 aromatic carbocycles. The molecule has 1 aliphatic rings. The Balaban J connectivity index is 1.90. The van der Waals surface area contributed by atoms with Gasteiger partial charge in [0.2, 0.25) is 5.91 Å². The van der Waals surface area contributed by atoms with Crippen LogP contribution in [0.2, 0.25) is 10.0 Å². The standard InChI is InChI=1S/C17H15Cl2NO2/c1-11-10-20(15-7-2-3-8-16(15)22-11)17(21)9-12-13(18)5-4-6-14(12)19/h2-8,11H,9-10H2,1H3. The van der Waals surface area contributed by atoms with Crippen molar-refractivity contribution in [3.05, 3.63) is 58.1 Å². The number of carbonyl (C=O) groups excluding carboxylic acids is 1. The van der Waals surface area contributed by atoms with Crippen molar-refractivity contribution in [1.82, 2.24) is 0 Å². The van der Waals surface area contributed by atoms with Gasteiger partial charge in [0.1, 0.15) is 11.9 Å². The van der Waals surface area contributed by atoms with Crippen LogP contribution in [-0.4, -0.2) is 18.6 Å². The first kappa shape index (κ1) is 15.2. The van der Waals surface area contributed by atoms with Gasteiger partial charge in [0.15, 0.2) is 0 Å². The third-order valence-corrected chi connectivity index (χ3v) is 4.32. The normalized spacial score (nSPS) is 16.9. The summed E-state index contributed by atoms with van der Waals surface area (Å²) in [5.41, 5.74) is 1.45. The fourth-order valence-corrected chi connectivity index (χ4v) is 3.10. The van der Waals surface area contributed by atoms with Crippen LogP contribution in [0.25, 0.3) is 0 Å². The molecule has 0 radical (unpaired) electrons. The van der Waals surface area contributed by atoms with Gasteiger partial charge >= 0.3 is 0 Å². The van der Waals surface area contributed by atoms with E-state index in [1.54, 1.807) is 23.1 Å². The molecular formula is C17H15Cl2NO2. The highest BCUT2D eigenvalue weighted by atomic mass is 35.5. The molecule has 0 saturated carbocycles. The second-order valence-corrected chi connectivity index (χ2v) is 6.09. The number of ether oxygens (including phenoxy) is 1. The van der Waals surface area contributed by atoms with Gasteiger partial charge in [0, 0.05) is 10.0 Å². The number of rotatable bonds is 2. The third kappa shape index (κ3) is 2.92. The van der Waals surface area contributed by atoms with E-state index in [9.17, 15) is 4.79 Å². The minimum absolute atomic E-state index is 0.0439. The van der Waals surface area contributed by atoms with Gasteiger partial charge in [-0.3, -0.25) is 4.79 Å². The zero-order valence-corrected chi connectivity index (χ0v) is 13.6. The SMILES string of the molecule is CC1CN(C(=O)Cc2c(Cl)cccc2Cl)c2ccccc2O1. The van der Waals surface area contributed by atoms with Gasteiger partial charge in [-0.15, -0.1) is 0 Å².